The summed E-state index contributed by atoms with van der Waals surface area (Å²) in [6.45, 7) is 6.82. The van der Waals surface area contributed by atoms with E-state index in [1.807, 2.05) is 6.92 Å². The molecule has 0 bridgehead atoms. The van der Waals surface area contributed by atoms with Crippen LogP contribution in [0.25, 0.3) is 0 Å². The van der Waals surface area contributed by atoms with E-state index in [9.17, 15) is 13.2 Å². The highest BCUT2D eigenvalue weighted by Crippen LogP contribution is 2.26. The molecule has 8 heteroatoms. The van der Waals surface area contributed by atoms with Crippen LogP contribution in [0.3, 0.4) is 0 Å². The van der Waals surface area contributed by atoms with Gasteiger partial charge in [-0.05, 0) is 19.9 Å². The van der Waals surface area contributed by atoms with Gasteiger partial charge in [-0.3, -0.25) is 0 Å². The first-order valence-corrected chi connectivity index (χ1v) is 8.15. The van der Waals surface area contributed by atoms with Gasteiger partial charge in [-0.2, -0.15) is 0 Å². The van der Waals surface area contributed by atoms with Crippen molar-refractivity contribution in [3.05, 3.63) is 18.0 Å². The number of sulfonamides is 1. The minimum absolute atomic E-state index is 0.0301. The summed E-state index contributed by atoms with van der Waals surface area (Å²) in [5.41, 5.74) is -0.230. The fourth-order valence-electron chi connectivity index (χ4n) is 2.10. The van der Waals surface area contributed by atoms with Gasteiger partial charge in [0.15, 0.2) is 0 Å². The van der Waals surface area contributed by atoms with E-state index >= 15 is 0 Å². The maximum Gasteiger partial charge on any atom is 0.352 e. The van der Waals surface area contributed by atoms with Crippen molar-refractivity contribution in [1.29, 1.82) is 0 Å². The van der Waals surface area contributed by atoms with Gasteiger partial charge in [-0.15, -0.1) is 0 Å². The molecule has 1 aliphatic rings. The van der Waals surface area contributed by atoms with Crippen LogP contribution in [-0.4, -0.2) is 43.8 Å². The average molecular weight is 316 g/mol. The molecule has 1 aliphatic heterocycles. The summed E-state index contributed by atoms with van der Waals surface area (Å²) >= 11 is 0. The Bertz CT molecular complexity index is 644. The zero-order valence-corrected chi connectivity index (χ0v) is 13.1. The highest BCUT2D eigenvalue weighted by Gasteiger charge is 2.35. The summed E-state index contributed by atoms with van der Waals surface area (Å²) in [5.74, 6) is -1.15. The summed E-state index contributed by atoms with van der Waals surface area (Å²) in [6, 6.07) is 1.04. The smallest absolute Gasteiger partial charge is 0.352 e. The number of ether oxygens (including phenoxy) is 1. The SMILES string of the molecule is CC(C)n1cc(S(=O)(=O)NCC2(C)COC2)cc1C(=O)O. The largest absolute Gasteiger partial charge is 0.477 e. The van der Waals surface area contributed by atoms with Crippen LogP contribution in [0.1, 0.15) is 37.3 Å². The Morgan fingerprint density at radius 1 is 1.52 bits per heavy atom. The van der Waals surface area contributed by atoms with E-state index in [0.717, 1.165) is 0 Å². The first-order valence-electron chi connectivity index (χ1n) is 6.67. The van der Waals surface area contributed by atoms with E-state index in [1.165, 1.54) is 16.8 Å². The quantitative estimate of drug-likeness (QED) is 0.818. The fourth-order valence-corrected chi connectivity index (χ4v) is 3.33. The molecule has 1 fully saturated rings. The number of carboxylic acid groups (broad SMARTS) is 1. The maximum absolute atomic E-state index is 12.3. The fraction of sp³-hybridized carbons (Fsp3) is 0.615. The summed E-state index contributed by atoms with van der Waals surface area (Å²) in [5, 5.41) is 9.15. The van der Waals surface area contributed by atoms with Crippen molar-refractivity contribution in [2.75, 3.05) is 19.8 Å². The number of rotatable bonds is 6. The van der Waals surface area contributed by atoms with Crippen LogP contribution < -0.4 is 4.72 Å². The lowest BCUT2D eigenvalue weighted by Gasteiger charge is -2.37. The Morgan fingerprint density at radius 3 is 2.52 bits per heavy atom. The molecule has 2 heterocycles. The number of nitrogens with zero attached hydrogens (tertiary/aromatic N) is 1. The van der Waals surface area contributed by atoms with Crippen LogP contribution in [-0.2, 0) is 14.8 Å². The van der Waals surface area contributed by atoms with Gasteiger partial charge in [-0.25, -0.2) is 17.9 Å². The van der Waals surface area contributed by atoms with E-state index in [-0.39, 0.29) is 28.6 Å². The summed E-state index contributed by atoms with van der Waals surface area (Å²) in [7, 11) is -3.73. The van der Waals surface area contributed by atoms with Crippen LogP contribution in [0.5, 0.6) is 0 Å². The Balaban J connectivity index is 2.23. The van der Waals surface area contributed by atoms with Crippen molar-refractivity contribution in [3.63, 3.8) is 0 Å². The van der Waals surface area contributed by atoms with E-state index < -0.39 is 16.0 Å². The molecular weight excluding hydrogens is 296 g/mol. The minimum Gasteiger partial charge on any atom is -0.477 e. The standard InChI is InChI=1S/C13H20N2O5S/c1-9(2)15-5-10(4-11(15)12(16)17)21(18,19)14-6-13(3)7-20-8-13/h4-5,9,14H,6-8H2,1-3H3,(H,16,17). The van der Waals surface area contributed by atoms with Crippen LogP contribution in [0.2, 0.25) is 0 Å². The van der Waals surface area contributed by atoms with Gasteiger partial charge in [0.25, 0.3) is 0 Å². The Labute approximate surface area is 124 Å². The second-order valence-electron chi connectivity index (χ2n) is 6.00. The molecule has 2 N–H and O–H groups in total. The van der Waals surface area contributed by atoms with E-state index in [0.29, 0.717) is 13.2 Å². The van der Waals surface area contributed by atoms with E-state index in [1.54, 1.807) is 13.8 Å². The molecule has 1 aromatic heterocycles. The number of hydrogen-bond acceptors (Lipinski definition) is 4. The molecule has 118 valence electrons. The van der Waals surface area contributed by atoms with Crippen molar-refractivity contribution in [3.8, 4) is 0 Å². The highest BCUT2D eigenvalue weighted by atomic mass is 32.2. The van der Waals surface area contributed by atoms with Crippen LogP contribution in [0, 0.1) is 5.41 Å². The van der Waals surface area contributed by atoms with Crippen molar-refractivity contribution >= 4 is 16.0 Å². The third-order valence-corrected chi connectivity index (χ3v) is 4.87. The Hall–Kier alpha value is -1.38. The highest BCUT2D eigenvalue weighted by molar-refractivity contribution is 7.89. The molecule has 0 saturated carbocycles. The number of carboxylic acids is 1. The van der Waals surface area contributed by atoms with Gasteiger partial charge in [0, 0.05) is 24.2 Å². The minimum atomic E-state index is -3.73. The van der Waals surface area contributed by atoms with Gasteiger partial charge >= 0.3 is 5.97 Å². The monoisotopic (exact) mass is 316 g/mol. The van der Waals surface area contributed by atoms with Gasteiger partial charge < -0.3 is 14.4 Å². The van der Waals surface area contributed by atoms with Crippen molar-refractivity contribution in [2.24, 2.45) is 5.41 Å². The molecule has 2 rings (SSSR count). The van der Waals surface area contributed by atoms with Gasteiger partial charge in [0.2, 0.25) is 10.0 Å². The Kier molecular flexibility index (Phi) is 4.14. The third kappa shape index (κ3) is 3.28. The predicted octanol–water partition coefficient (Wildman–Crippen LogP) is 1.08. The molecule has 0 amide bonds. The Morgan fingerprint density at radius 2 is 2.14 bits per heavy atom. The maximum atomic E-state index is 12.3. The van der Waals surface area contributed by atoms with E-state index in [2.05, 4.69) is 4.72 Å². The van der Waals surface area contributed by atoms with Crippen LogP contribution >= 0.6 is 0 Å². The topological polar surface area (TPSA) is 97.6 Å². The lowest BCUT2D eigenvalue weighted by Crippen LogP contribution is -2.48. The number of aromatic carboxylic acids is 1. The summed E-state index contributed by atoms with van der Waals surface area (Å²) in [6.07, 6.45) is 1.36. The molecular formula is C13H20N2O5S. The molecule has 0 unspecified atom stereocenters. The van der Waals surface area contributed by atoms with Crippen molar-refractivity contribution in [2.45, 2.75) is 31.7 Å². The van der Waals surface area contributed by atoms with Crippen LogP contribution in [0.15, 0.2) is 17.2 Å². The zero-order valence-electron chi connectivity index (χ0n) is 12.3. The second-order valence-corrected chi connectivity index (χ2v) is 7.76. The second kappa shape index (κ2) is 5.43. The summed E-state index contributed by atoms with van der Waals surface area (Å²) in [4.78, 5) is 11.2. The number of hydrogen-bond donors (Lipinski definition) is 2. The van der Waals surface area contributed by atoms with Crippen molar-refractivity contribution in [1.82, 2.24) is 9.29 Å². The first-order chi connectivity index (χ1) is 9.65. The number of nitrogens with one attached hydrogen (secondary N) is 1. The zero-order chi connectivity index (χ0) is 15.8. The number of aromatic nitrogens is 1. The third-order valence-electron chi connectivity index (χ3n) is 3.50. The molecule has 7 nitrogen and oxygen atoms in total. The molecule has 0 atom stereocenters. The normalized spacial score (nSPS) is 17.7. The lowest BCUT2D eigenvalue weighted by atomic mass is 9.89. The van der Waals surface area contributed by atoms with Gasteiger partial charge in [0.05, 0.1) is 13.2 Å². The van der Waals surface area contributed by atoms with Gasteiger partial charge in [-0.1, -0.05) is 6.92 Å². The van der Waals surface area contributed by atoms with Gasteiger partial charge in [0.1, 0.15) is 10.6 Å². The van der Waals surface area contributed by atoms with E-state index in [4.69, 9.17) is 9.84 Å². The average Bonchev–Trinajstić information content (AvgIpc) is 2.80. The number of carbonyl (C=O) groups is 1. The molecule has 1 aromatic rings. The predicted molar refractivity (Wildman–Crippen MR) is 75.9 cm³/mol. The van der Waals surface area contributed by atoms with Crippen molar-refractivity contribution < 1.29 is 23.1 Å². The molecule has 0 aliphatic carbocycles. The molecule has 0 spiro atoms. The molecule has 0 aromatic carbocycles. The van der Waals surface area contributed by atoms with Crippen LogP contribution in [0.4, 0.5) is 0 Å². The molecule has 0 radical (unpaired) electrons. The lowest BCUT2D eigenvalue weighted by molar-refractivity contribution is -0.0965. The molecule has 1 saturated heterocycles. The molecule has 21 heavy (non-hydrogen) atoms. The first kappa shape index (κ1) is 16.0. The summed E-state index contributed by atoms with van der Waals surface area (Å²) < 4.78 is 33.6.